The van der Waals surface area contributed by atoms with Crippen molar-refractivity contribution in [2.75, 3.05) is 13.7 Å². The van der Waals surface area contributed by atoms with Crippen LogP contribution in [0.1, 0.15) is 27.6 Å². The molecular weight excluding hydrogens is 434 g/mol. The SMILES string of the molecule is CCOC(=O)c1cc(O)c2cc(F)ccc2c1.COC(=O)c1cc(O)c2cc(F)ccc2c1. The highest BCUT2D eigenvalue weighted by Crippen LogP contribution is 2.28. The molecule has 0 saturated heterocycles. The van der Waals surface area contributed by atoms with E-state index in [1.807, 2.05) is 0 Å². The Bertz CT molecular complexity index is 1350. The summed E-state index contributed by atoms with van der Waals surface area (Å²) in [6, 6.07) is 13.6. The third-order valence-corrected chi connectivity index (χ3v) is 4.72. The first kappa shape index (κ1) is 23.5. The van der Waals surface area contributed by atoms with Gasteiger partial charge < -0.3 is 19.7 Å². The summed E-state index contributed by atoms with van der Waals surface area (Å²) in [7, 11) is 1.26. The monoisotopic (exact) mass is 454 g/mol. The lowest BCUT2D eigenvalue weighted by atomic mass is 10.1. The molecule has 0 bridgehead atoms. The molecular formula is C25H20F2O6. The van der Waals surface area contributed by atoms with Crippen LogP contribution in [0, 0.1) is 11.6 Å². The molecule has 8 heteroatoms. The Morgan fingerprint density at radius 2 is 1.21 bits per heavy atom. The zero-order chi connectivity index (χ0) is 24.1. The number of ether oxygens (including phenoxy) is 2. The summed E-state index contributed by atoms with van der Waals surface area (Å²) in [6.07, 6.45) is 0. The van der Waals surface area contributed by atoms with Gasteiger partial charge >= 0.3 is 11.9 Å². The minimum atomic E-state index is -0.540. The number of phenols is 2. The number of halogens is 2. The van der Waals surface area contributed by atoms with E-state index in [4.69, 9.17) is 4.74 Å². The van der Waals surface area contributed by atoms with Gasteiger partial charge in [0.15, 0.2) is 0 Å². The molecule has 0 fully saturated rings. The number of hydrogen-bond acceptors (Lipinski definition) is 6. The molecule has 0 heterocycles. The highest BCUT2D eigenvalue weighted by atomic mass is 19.1. The van der Waals surface area contributed by atoms with Gasteiger partial charge in [0.1, 0.15) is 23.1 Å². The predicted molar refractivity (Wildman–Crippen MR) is 118 cm³/mol. The van der Waals surface area contributed by atoms with Crippen molar-refractivity contribution in [2.24, 2.45) is 0 Å². The van der Waals surface area contributed by atoms with Crippen LogP contribution in [0.5, 0.6) is 11.5 Å². The van der Waals surface area contributed by atoms with E-state index in [2.05, 4.69) is 4.74 Å². The van der Waals surface area contributed by atoms with Crippen LogP contribution in [0.2, 0.25) is 0 Å². The highest BCUT2D eigenvalue weighted by molar-refractivity contribution is 5.99. The van der Waals surface area contributed by atoms with E-state index in [-0.39, 0.29) is 29.2 Å². The first-order valence-electron chi connectivity index (χ1n) is 9.83. The lowest BCUT2D eigenvalue weighted by molar-refractivity contribution is 0.0525. The number of phenolic OH excluding ortho intramolecular Hbond substituents is 2. The third-order valence-electron chi connectivity index (χ3n) is 4.72. The van der Waals surface area contributed by atoms with Crippen molar-refractivity contribution >= 4 is 33.5 Å². The molecule has 0 aliphatic rings. The van der Waals surface area contributed by atoms with Crippen LogP contribution in [0.25, 0.3) is 21.5 Å². The average Bonchev–Trinajstić information content (AvgIpc) is 2.79. The van der Waals surface area contributed by atoms with Crippen LogP contribution in [0.4, 0.5) is 8.78 Å². The van der Waals surface area contributed by atoms with Crippen molar-refractivity contribution in [1.82, 2.24) is 0 Å². The molecule has 0 aliphatic heterocycles. The Hall–Kier alpha value is -4.20. The topological polar surface area (TPSA) is 93.1 Å². The van der Waals surface area contributed by atoms with Gasteiger partial charge in [0.2, 0.25) is 0 Å². The minimum Gasteiger partial charge on any atom is -0.507 e. The summed E-state index contributed by atoms with van der Waals surface area (Å²) in [4.78, 5) is 22.8. The summed E-state index contributed by atoms with van der Waals surface area (Å²) >= 11 is 0. The summed E-state index contributed by atoms with van der Waals surface area (Å²) in [5.41, 5.74) is 0.488. The van der Waals surface area contributed by atoms with Crippen molar-refractivity contribution in [3.8, 4) is 11.5 Å². The quantitative estimate of drug-likeness (QED) is 0.407. The maximum absolute atomic E-state index is 13.0. The van der Waals surface area contributed by atoms with Crippen LogP contribution in [-0.2, 0) is 9.47 Å². The van der Waals surface area contributed by atoms with Gasteiger partial charge in [-0.3, -0.25) is 0 Å². The predicted octanol–water partition coefficient (Wildman–Crippen LogP) is 5.33. The van der Waals surface area contributed by atoms with Gasteiger partial charge in [0.05, 0.1) is 24.8 Å². The second-order valence-electron chi connectivity index (χ2n) is 6.93. The van der Waals surface area contributed by atoms with Gasteiger partial charge in [0.25, 0.3) is 0 Å². The number of fused-ring (bicyclic) bond motifs is 2. The molecule has 0 aliphatic carbocycles. The van der Waals surface area contributed by atoms with E-state index >= 15 is 0 Å². The number of rotatable bonds is 3. The Labute approximate surface area is 187 Å². The second kappa shape index (κ2) is 9.95. The lowest BCUT2D eigenvalue weighted by Gasteiger charge is -2.06. The van der Waals surface area contributed by atoms with E-state index in [1.165, 1.54) is 55.6 Å². The van der Waals surface area contributed by atoms with Crippen LogP contribution in [0.3, 0.4) is 0 Å². The van der Waals surface area contributed by atoms with E-state index in [1.54, 1.807) is 19.1 Å². The number of benzene rings is 4. The molecule has 4 aromatic rings. The van der Waals surface area contributed by atoms with Gasteiger partial charge in [-0.05, 0) is 66.2 Å². The first-order valence-corrected chi connectivity index (χ1v) is 9.83. The molecule has 0 saturated carbocycles. The zero-order valence-corrected chi connectivity index (χ0v) is 17.8. The standard InChI is InChI=1S/C13H11FO3.C12H9FO3/c1-2-17-13(16)9-5-8-3-4-10(14)7-11(8)12(15)6-9;1-16-12(15)8-4-7-2-3-9(13)6-10(7)11(14)5-8/h3-7,15H,2H2,1H3;2-6,14H,1H3. The largest absolute Gasteiger partial charge is 0.507 e. The maximum atomic E-state index is 13.0. The molecule has 0 spiro atoms. The number of esters is 2. The molecule has 6 nitrogen and oxygen atoms in total. The van der Waals surface area contributed by atoms with Gasteiger partial charge in [-0.15, -0.1) is 0 Å². The molecule has 0 unspecified atom stereocenters. The Morgan fingerprint density at radius 3 is 1.64 bits per heavy atom. The van der Waals surface area contributed by atoms with Crippen LogP contribution >= 0.6 is 0 Å². The van der Waals surface area contributed by atoms with Gasteiger partial charge in [-0.2, -0.15) is 0 Å². The van der Waals surface area contributed by atoms with Crippen molar-refractivity contribution in [2.45, 2.75) is 6.92 Å². The normalized spacial score (nSPS) is 10.4. The molecule has 170 valence electrons. The first-order chi connectivity index (χ1) is 15.7. The Morgan fingerprint density at radius 1 is 0.758 bits per heavy atom. The molecule has 0 amide bonds. The Kier molecular flexibility index (Phi) is 7.07. The molecule has 0 atom stereocenters. The minimum absolute atomic E-state index is 0.134. The number of carbonyl (C=O) groups excluding carboxylic acids is 2. The molecule has 4 aromatic carbocycles. The smallest absolute Gasteiger partial charge is 0.338 e. The second-order valence-corrected chi connectivity index (χ2v) is 6.93. The third kappa shape index (κ3) is 5.35. The van der Waals surface area contributed by atoms with Crippen molar-refractivity contribution in [1.29, 1.82) is 0 Å². The van der Waals surface area contributed by atoms with E-state index < -0.39 is 23.6 Å². The fourth-order valence-corrected chi connectivity index (χ4v) is 3.19. The van der Waals surface area contributed by atoms with Gasteiger partial charge in [0, 0.05) is 10.8 Å². The van der Waals surface area contributed by atoms with Crippen LogP contribution in [-0.4, -0.2) is 35.9 Å². The zero-order valence-electron chi connectivity index (χ0n) is 17.8. The molecule has 0 aromatic heterocycles. The number of aromatic hydroxyl groups is 2. The van der Waals surface area contributed by atoms with E-state index in [0.717, 1.165) is 0 Å². The number of methoxy groups -OCH3 is 1. The lowest BCUT2D eigenvalue weighted by Crippen LogP contribution is -2.04. The van der Waals surface area contributed by atoms with Crippen molar-refractivity contribution in [3.63, 3.8) is 0 Å². The summed E-state index contributed by atoms with van der Waals surface area (Å²) in [5, 5.41) is 21.3. The summed E-state index contributed by atoms with van der Waals surface area (Å²) in [5.74, 6) is -2.19. The Balaban J connectivity index is 0.000000186. The molecule has 2 N–H and O–H groups in total. The summed E-state index contributed by atoms with van der Waals surface area (Å²) < 4.78 is 35.3. The molecule has 0 radical (unpaired) electrons. The molecule has 33 heavy (non-hydrogen) atoms. The van der Waals surface area contributed by atoms with Gasteiger partial charge in [-0.1, -0.05) is 12.1 Å². The van der Waals surface area contributed by atoms with Crippen molar-refractivity contribution < 1.29 is 38.1 Å². The fraction of sp³-hybridized carbons (Fsp3) is 0.120. The number of hydrogen-bond donors (Lipinski definition) is 2. The van der Waals surface area contributed by atoms with E-state index in [9.17, 15) is 28.6 Å². The summed E-state index contributed by atoms with van der Waals surface area (Å²) in [6.45, 7) is 1.97. The highest BCUT2D eigenvalue weighted by Gasteiger charge is 2.12. The van der Waals surface area contributed by atoms with Gasteiger partial charge in [-0.25, -0.2) is 18.4 Å². The number of carbonyl (C=O) groups is 2. The fourth-order valence-electron chi connectivity index (χ4n) is 3.19. The van der Waals surface area contributed by atoms with E-state index in [0.29, 0.717) is 21.5 Å². The maximum Gasteiger partial charge on any atom is 0.338 e. The van der Waals surface area contributed by atoms with Crippen LogP contribution in [0.15, 0.2) is 60.7 Å². The molecule has 4 rings (SSSR count). The van der Waals surface area contributed by atoms with Crippen molar-refractivity contribution in [3.05, 3.63) is 83.4 Å². The van der Waals surface area contributed by atoms with Crippen LogP contribution < -0.4 is 0 Å². The average molecular weight is 454 g/mol.